The van der Waals surface area contributed by atoms with Gasteiger partial charge in [0.05, 0.1) is 24.3 Å². The summed E-state index contributed by atoms with van der Waals surface area (Å²) in [6, 6.07) is 13.4. The van der Waals surface area contributed by atoms with Gasteiger partial charge >= 0.3 is 0 Å². The molecular weight excluding hydrogens is 348 g/mol. The zero-order valence-corrected chi connectivity index (χ0v) is 15.7. The van der Waals surface area contributed by atoms with Crippen molar-refractivity contribution >= 4 is 34.6 Å². The average molecular weight is 368 g/mol. The van der Waals surface area contributed by atoms with E-state index in [0.717, 1.165) is 16.8 Å². The molecule has 0 unspecified atom stereocenters. The highest BCUT2D eigenvalue weighted by Crippen LogP contribution is 2.32. The molecule has 2 aromatic rings. The molecule has 1 amide bonds. The van der Waals surface area contributed by atoms with Gasteiger partial charge in [-0.05, 0) is 61.0 Å². The van der Waals surface area contributed by atoms with Crippen LogP contribution in [0.15, 0.2) is 52.4 Å². The molecule has 1 fully saturated rings. The van der Waals surface area contributed by atoms with Crippen LogP contribution in [0.4, 0.5) is 5.69 Å². The van der Waals surface area contributed by atoms with Gasteiger partial charge in [0.15, 0.2) is 16.7 Å². The zero-order chi connectivity index (χ0) is 18.5. The number of carbonyl (C=O) groups is 1. The Morgan fingerprint density at radius 3 is 2.73 bits per heavy atom. The summed E-state index contributed by atoms with van der Waals surface area (Å²) in [5.74, 6) is 1.16. The van der Waals surface area contributed by atoms with Crippen LogP contribution in [0, 0.1) is 6.92 Å². The third-order valence-corrected chi connectivity index (χ3v) is 4.68. The Labute approximate surface area is 157 Å². The van der Waals surface area contributed by atoms with E-state index in [1.165, 1.54) is 11.8 Å². The Bertz CT molecular complexity index is 890. The van der Waals surface area contributed by atoms with Crippen LogP contribution in [0.3, 0.4) is 0 Å². The van der Waals surface area contributed by atoms with Crippen molar-refractivity contribution in [3.05, 3.63) is 58.5 Å². The number of amides is 1. The molecular formula is C20H20N2O3S. The Balaban J connectivity index is 1.85. The lowest BCUT2D eigenvalue weighted by atomic mass is 10.2. The van der Waals surface area contributed by atoms with Gasteiger partial charge in [-0.1, -0.05) is 24.3 Å². The highest BCUT2D eigenvalue weighted by atomic mass is 32.2. The van der Waals surface area contributed by atoms with Gasteiger partial charge in [0, 0.05) is 0 Å². The van der Waals surface area contributed by atoms with Crippen LogP contribution in [0.1, 0.15) is 18.1 Å². The van der Waals surface area contributed by atoms with Gasteiger partial charge in [-0.15, -0.1) is 0 Å². The van der Waals surface area contributed by atoms with Crippen molar-refractivity contribution in [3.8, 4) is 11.5 Å². The van der Waals surface area contributed by atoms with Crippen molar-refractivity contribution in [2.45, 2.75) is 13.8 Å². The fourth-order valence-electron chi connectivity index (χ4n) is 2.48. The van der Waals surface area contributed by atoms with Crippen molar-refractivity contribution in [2.75, 3.05) is 13.7 Å². The van der Waals surface area contributed by atoms with Crippen LogP contribution in [0.5, 0.6) is 11.5 Å². The highest BCUT2D eigenvalue weighted by molar-refractivity contribution is 8.18. The van der Waals surface area contributed by atoms with E-state index in [1.807, 2.05) is 62.4 Å². The van der Waals surface area contributed by atoms with Gasteiger partial charge in [0.1, 0.15) is 0 Å². The summed E-state index contributed by atoms with van der Waals surface area (Å²) in [4.78, 5) is 17.4. The van der Waals surface area contributed by atoms with Gasteiger partial charge in [-0.25, -0.2) is 4.99 Å². The van der Waals surface area contributed by atoms with E-state index < -0.39 is 0 Å². The molecule has 2 aromatic carbocycles. The topological polar surface area (TPSA) is 59.9 Å². The summed E-state index contributed by atoms with van der Waals surface area (Å²) in [6.07, 6.45) is 1.82. The van der Waals surface area contributed by atoms with E-state index in [2.05, 4.69) is 10.3 Å². The number of nitrogens with one attached hydrogen (secondary N) is 1. The molecule has 0 spiro atoms. The molecule has 26 heavy (non-hydrogen) atoms. The predicted molar refractivity (Wildman–Crippen MR) is 106 cm³/mol. The molecule has 6 heteroatoms. The summed E-state index contributed by atoms with van der Waals surface area (Å²) in [7, 11) is 1.60. The Morgan fingerprint density at radius 2 is 2.00 bits per heavy atom. The number of rotatable bonds is 5. The van der Waals surface area contributed by atoms with Crippen LogP contribution < -0.4 is 14.8 Å². The number of amidine groups is 1. The third kappa shape index (κ3) is 4.08. The number of methoxy groups -OCH3 is 1. The van der Waals surface area contributed by atoms with Gasteiger partial charge in [-0.2, -0.15) is 0 Å². The first-order valence-corrected chi connectivity index (χ1v) is 9.08. The zero-order valence-electron chi connectivity index (χ0n) is 14.9. The molecule has 0 aromatic heterocycles. The van der Waals surface area contributed by atoms with Crippen LogP contribution >= 0.6 is 11.8 Å². The maximum Gasteiger partial charge on any atom is 0.264 e. The normalized spacial score (nSPS) is 16.8. The molecule has 1 heterocycles. The number of para-hydroxylation sites is 1. The van der Waals surface area contributed by atoms with Crippen LogP contribution in [-0.2, 0) is 4.79 Å². The molecule has 1 aliphatic rings. The number of aryl methyl sites for hydroxylation is 1. The molecule has 0 saturated carbocycles. The third-order valence-electron chi connectivity index (χ3n) is 3.77. The summed E-state index contributed by atoms with van der Waals surface area (Å²) in [5, 5.41) is 3.39. The molecule has 0 radical (unpaired) electrons. The summed E-state index contributed by atoms with van der Waals surface area (Å²) in [5.41, 5.74) is 2.77. The number of benzene rings is 2. The number of hydrogen-bond acceptors (Lipinski definition) is 5. The van der Waals surface area contributed by atoms with Crippen molar-refractivity contribution in [2.24, 2.45) is 4.99 Å². The predicted octanol–water partition coefficient (Wildman–Crippen LogP) is 4.29. The van der Waals surface area contributed by atoms with Crippen LogP contribution in [0.2, 0.25) is 0 Å². The van der Waals surface area contributed by atoms with E-state index in [0.29, 0.717) is 28.2 Å². The SMILES string of the molecule is CCOc1cc(/C=C2\SC(=Nc3ccccc3C)NC2=O)ccc1OC. The molecule has 134 valence electrons. The molecule has 0 atom stereocenters. The number of carbonyl (C=O) groups excluding carboxylic acids is 1. The first-order valence-electron chi connectivity index (χ1n) is 8.26. The molecule has 5 nitrogen and oxygen atoms in total. The number of thioether (sulfide) groups is 1. The minimum absolute atomic E-state index is 0.156. The summed E-state index contributed by atoms with van der Waals surface area (Å²) < 4.78 is 10.9. The van der Waals surface area contributed by atoms with Crippen molar-refractivity contribution < 1.29 is 14.3 Å². The molecule has 1 aliphatic heterocycles. The van der Waals surface area contributed by atoms with Crippen molar-refractivity contribution in [3.63, 3.8) is 0 Å². The minimum Gasteiger partial charge on any atom is -0.493 e. The first-order chi connectivity index (χ1) is 12.6. The van der Waals surface area contributed by atoms with Crippen LogP contribution in [0.25, 0.3) is 6.08 Å². The summed E-state index contributed by atoms with van der Waals surface area (Å²) >= 11 is 1.32. The Morgan fingerprint density at radius 1 is 1.19 bits per heavy atom. The fourth-order valence-corrected chi connectivity index (χ4v) is 3.32. The second kappa shape index (κ2) is 8.10. The maximum atomic E-state index is 12.3. The average Bonchev–Trinajstić information content (AvgIpc) is 2.97. The number of aliphatic imine (C=N–C) groups is 1. The molecule has 0 bridgehead atoms. The second-order valence-electron chi connectivity index (χ2n) is 5.61. The number of nitrogens with zero attached hydrogens (tertiary/aromatic N) is 1. The van der Waals surface area contributed by atoms with Crippen molar-refractivity contribution in [1.82, 2.24) is 5.32 Å². The van der Waals surface area contributed by atoms with Crippen molar-refractivity contribution in [1.29, 1.82) is 0 Å². The quantitative estimate of drug-likeness (QED) is 0.800. The molecule has 0 aliphatic carbocycles. The highest BCUT2D eigenvalue weighted by Gasteiger charge is 2.24. The molecule has 1 N–H and O–H groups in total. The van der Waals surface area contributed by atoms with E-state index >= 15 is 0 Å². The monoisotopic (exact) mass is 368 g/mol. The van der Waals surface area contributed by atoms with Gasteiger partial charge < -0.3 is 14.8 Å². The van der Waals surface area contributed by atoms with E-state index in [-0.39, 0.29) is 5.91 Å². The Kier molecular flexibility index (Phi) is 5.63. The lowest BCUT2D eigenvalue weighted by Crippen LogP contribution is -2.19. The van der Waals surface area contributed by atoms with E-state index in [1.54, 1.807) is 7.11 Å². The summed E-state index contributed by atoms with van der Waals surface area (Å²) in [6.45, 7) is 4.45. The fraction of sp³-hybridized carbons (Fsp3) is 0.200. The van der Waals surface area contributed by atoms with E-state index in [9.17, 15) is 4.79 Å². The van der Waals surface area contributed by atoms with Crippen LogP contribution in [-0.4, -0.2) is 24.8 Å². The number of ether oxygens (including phenoxy) is 2. The second-order valence-corrected chi connectivity index (χ2v) is 6.64. The maximum absolute atomic E-state index is 12.3. The number of hydrogen-bond donors (Lipinski definition) is 1. The van der Waals surface area contributed by atoms with Gasteiger partial charge in [-0.3, -0.25) is 4.79 Å². The lowest BCUT2D eigenvalue weighted by Gasteiger charge is -2.09. The Hall–Kier alpha value is -2.73. The standard InChI is InChI=1S/C20H20N2O3S/c1-4-25-17-11-14(9-10-16(17)24-3)12-18-19(23)22-20(26-18)21-15-8-6-5-7-13(15)2/h5-12H,4H2,1-3H3,(H,21,22,23)/b18-12-. The van der Waals surface area contributed by atoms with Gasteiger partial charge in [0.25, 0.3) is 5.91 Å². The molecule has 1 saturated heterocycles. The molecule has 3 rings (SSSR count). The van der Waals surface area contributed by atoms with Gasteiger partial charge in [0.2, 0.25) is 0 Å². The lowest BCUT2D eigenvalue weighted by molar-refractivity contribution is -0.115. The minimum atomic E-state index is -0.156. The first kappa shape index (κ1) is 18.1. The van der Waals surface area contributed by atoms with E-state index in [4.69, 9.17) is 9.47 Å². The largest absolute Gasteiger partial charge is 0.493 e. The smallest absolute Gasteiger partial charge is 0.264 e.